The molecule has 2 aromatic rings. The Hall–Kier alpha value is -1.42. The van der Waals surface area contributed by atoms with E-state index in [1.54, 1.807) is 0 Å². The maximum absolute atomic E-state index is 6.06. The van der Waals surface area contributed by atoms with Crippen LogP contribution in [0, 0.1) is 12.8 Å². The summed E-state index contributed by atoms with van der Waals surface area (Å²) < 4.78 is 1.96. The summed E-state index contributed by atoms with van der Waals surface area (Å²) in [5.74, 6) is 1.19. The van der Waals surface area contributed by atoms with Crippen molar-refractivity contribution < 1.29 is 0 Å². The normalized spacial score (nSPS) is 13.7. The number of fused-ring (bicyclic) bond motifs is 1. The van der Waals surface area contributed by atoms with E-state index in [0.29, 0.717) is 5.92 Å². The number of nitrogens with two attached hydrogens (primary N) is 1. The number of hydrogen-bond donors (Lipinski definition) is 1. The molecule has 0 aliphatic rings. The molecular formula is C11H16N4. The van der Waals surface area contributed by atoms with Gasteiger partial charge in [-0.3, -0.25) is 4.40 Å². The van der Waals surface area contributed by atoms with Gasteiger partial charge >= 0.3 is 0 Å². The molecule has 80 valence electrons. The Kier molecular flexibility index (Phi) is 2.44. The van der Waals surface area contributed by atoms with Crippen LogP contribution in [0.1, 0.15) is 31.3 Å². The highest BCUT2D eigenvalue weighted by molar-refractivity contribution is 5.41. The summed E-state index contributed by atoms with van der Waals surface area (Å²) in [6, 6.07) is 3.97. The molecule has 0 saturated heterocycles. The van der Waals surface area contributed by atoms with Gasteiger partial charge < -0.3 is 5.73 Å². The van der Waals surface area contributed by atoms with Crippen molar-refractivity contribution in [1.29, 1.82) is 0 Å². The summed E-state index contributed by atoms with van der Waals surface area (Å²) in [4.78, 5) is 0. The van der Waals surface area contributed by atoms with Gasteiger partial charge in [-0.05, 0) is 30.5 Å². The highest BCUT2D eigenvalue weighted by Gasteiger charge is 2.16. The molecule has 2 N–H and O–H groups in total. The van der Waals surface area contributed by atoms with Gasteiger partial charge in [0.25, 0.3) is 0 Å². The molecule has 0 saturated carbocycles. The van der Waals surface area contributed by atoms with Crippen LogP contribution in [0.25, 0.3) is 5.65 Å². The summed E-state index contributed by atoms with van der Waals surface area (Å²) in [5, 5.41) is 8.26. The minimum Gasteiger partial charge on any atom is -0.321 e. The van der Waals surface area contributed by atoms with Crippen LogP contribution in [0.3, 0.4) is 0 Å². The number of pyridine rings is 1. The molecule has 4 heteroatoms. The van der Waals surface area contributed by atoms with Crippen molar-refractivity contribution >= 4 is 5.65 Å². The standard InChI is InChI=1S/C11H16N4/c1-7(2)10(12)11-14-13-9-6-8(3)4-5-15(9)11/h4-7,10H,12H2,1-3H3. The van der Waals surface area contributed by atoms with E-state index in [4.69, 9.17) is 5.73 Å². The van der Waals surface area contributed by atoms with Crippen molar-refractivity contribution in [2.45, 2.75) is 26.8 Å². The molecule has 2 heterocycles. The van der Waals surface area contributed by atoms with Crippen LogP contribution in [-0.2, 0) is 0 Å². The molecule has 2 rings (SSSR count). The predicted octanol–water partition coefficient (Wildman–Crippen LogP) is 1.69. The van der Waals surface area contributed by atoms with E-state index >= 15 is 0 Å². The zero-order valence-corrected chi connectivity index (χ0v) is 9.31. The van der Waals surface area contributed by atoms with Crippen LogP contribution < -0.4 is 5.73 Å². The topological polar surface area (TPSA) is 56.2 Å². The molecule has 15 heavy (non-hydrogen) atoms. The van der Waals surface area contributed by atoms with E-state index in [-0.39, 0.29) is 6.04 Å². The van der Waals surface area contributed by atoms with Crippen molar-refractivity contribution in [3.8, 4) is 0 Å². The zero-order chi connectivity index (χ0) is 11.0. The SMILES string of the molecule is Cc1ccn2c(C(N)C(C)C)nnc2c1. The lowest BCUT2D eigenvalue weighted by Gasteiger charge is -2.13. The molecule has 0 aliphatic heterocycles. The molecule has 0 spiro atoms. The van der Waals surface area contributed by atoms with Gasteiger partial charge in [-0.25, -0.2) is 0 Å². The van der Waals surface area contributed by atoms with Gasteiger partial charge in [-0.2, -0.15) is 0 Å². The Balaban J connectivity index is 2.54. The van der Waals surface area contributed by atoms with Crippen LogP contribution in [0.15, 0.2) is 18.3 Å². The van der Waals surface area contributed by atoms with Gasteiger partial charge in [0.05, 0.1) is 6.04 Å². The monoisotopic (exact) mass is 204 g/mol. The largest absolute Gasteiger partial charge is 0.321 e. The molecule has 2 aromatic heterocycles. The highest BCUT2D eigenvalue weighted by atomic mass is 15.3. The maximum atomic E-state index is 6.06. The fourth-order valence-corrected chi connectivity index (χ4v) is 1.54. The highest BCUT2D eigenvalue weighted by Crippen LogP contribution is 2.18. The third-order valence-corrected chi connectivity index (χ3v) is 2.61. The van der Waals surface area contributed by atoms with Crippen molar-refractivity contribution in [2.24, 2.45) is 11.7 Å². The lowest BCUT2D eigenvalue weighted by atomic mass is 10.1. The second-order valence-corrected chi connectivity index (χ2v) is 4.26. The average Bonchev–Trinajstić information content (AvgIpc) is 2.59. The molecule has 0 aromatic carbocycles. The first-order chi connectivity index (χ1) is 7.09. The molecule has 0 aliphatic carbocycles. The smallest absolute Gasteiger partial charge is 0.161 e. The average molecular weight is 204 g/mol. The number of hydrogen-bond acceptors (Lipinski definition) is 3. The lowest BCUT2D eigenvalue weighted by molar-refractivity contribution is 0.486. The van der Waals surface area contributed by atoms with Gasteiger partial charge in [-0.1, -0.05) is 13.8 Å². The van der Waals surface area contributed by atoms with Gasteiger partial charge in [0, 0.05) is 6.20 Å². The summed E-state index contributed by atoms with van der Waals surface area (Å²) >= 11 is 0. The van der Waals surface area contributed by atoms with Crippen molar-refractivity contribution in [3.05, 3.63) is 29.7 Å². The van der Waals surface area contributed by atoms with E-state index in [1.807, 2.05) is 29.7 Å². The third-order valence-electron chi connectivity index (χ3n) is 2.61. The summed E-state index contributed by atoms with van der Waals surface area (Å²) in [7, 11) is 0. The lowest BCUT2D eigenvalue weighted by Crippen LogP contribution is -2.19. The fraction of sp³-hybridized carbons (Fsp3) is 0.455. The van der Waals surface area contributed by atoms with Gasteiger partial charge in [-0.15, -0.1) is 10.2 Å². The molecule has 1 unspecified atom stereocenters. The molecular weight excluding hydrogens is 188 g/mol. The number of nitrogens with zero attached hydrogens (tertiary/aromatic N) is 3. The Morgan fingerprint density at radius 3 is 2.73 bits per heavy atom. The molecule has 1 atom stereocenters. The van der Waals surface area contributed by atoms with E-state index in [1.165, 1.54) is 5.56 Å². The van der Waals surface area contributed by atoms with E-state index in [2.05, 4.69) is 24.0 Å². The quantitative estimate of drug-likeness (QED) is 0.810. The van der Waals surface area contributed by atoms with E-state index in [0.717, 1.165) is 11.5 Å². The van der Waals surface area contributed by atoms with Crippen LogP contribution in [0.2, 0.25) is 0 Å². The van der Waals surface area contributed by atoms with Crippen LogP contribution in [-0.4, -0.2) is 14.6 Å². The third kappa shape index (κ3) is 1.72. The van der Waals surface area contributed by atoms with E-state index < -0.39 is 0 Å². The molecule has 0 bridgehead atoms. The summed E-state index contributed by atoms with van der Waals surface area (Å²) in [6.45, 7) is 6.20. The Morgan fingerprint density at radius 1 is 1.33 bits per heavy atom. The van der Waals surface area contributed by atoms with Crippen molar-refractivity contribution in [2.75, 3.05) is 0 Å². The van der Waals surface area contributed by atoms with Gasteiger partial charge in [0.15, 0.2) is 11.5 Å². The van der Waals surface area contributed by atoms with Gasteiger partial charge in [0.2, 0.25) is 0 Å². The first kappa shape index (κ1) is 10.1. The number of aromatic nitrogens is 3. The van der Waals surface area contributed by atoms with Crippen LogP contribution >= 0.6 is 0 Å². The minimum atomic E-state index is -0.0669. The number of aryl methyl sites for hydroxylation is 1. The predicted molar refractivity (Wildman–Crippen MR) is 59.5 cm³/mol. The summed E-state index contributed by atoms with van der Waals surface area (Å²) in [5.41, 5.74) is 8.11. The molecule has 0 amide bonds. The van der Waals surface area contributed by atoms with Gasteiger partial charge in [0.1, 0.15) is 0 Å². The Morgan fingerprint density at radius 2 is 2.07 bits per heavy atom. The summed E-state index contributed by atoms with van der Waals surface area (Å²) in [6.07, 6.45) is 1.97. The molecule has 0 fully saturated rings. The van der Waals surface area contributed by atoms with Crippen molar-refractivity contribution in [3.63, 3.8) is 0 Å². The second kappa shape index (κ2) is 3.62. The molecule has 0 radical (unpaired) electrons. The zero-order valence-electron chi connectivity index (χ0n) is 9.31. The minimum absolute atomic E-state index is 0.0669. The van der Waals surface area contributed by atoms with Crippen LogP contribution in [0.4, 0.5) is 0 Å². The second-order valence-electron chi connectivity index (χ2n) is 4.26. The Labute approximate surface area is 89.1 Å². The van der Waals surface area contributed by atoms with Crippen LogP contribution in [0.5, 0.6) is 0 Å². The first-order valence-corrected chi connectivity index (χ1v) is 5.16. The Bertz CT molecular complexity index is 472. The van der Waals surface area contributed by atoms with E-state index in [9.17, 15) is 0 Å². The van der Waals surface area contributed by atoms with Crippen molar-refractivity contribution in [1.82, 2.24) is 14.6 Å². The maximum Gasteiger partial charge on any atom is 0.161 e. The fourth-order valence-electron chi connectivity index (χ4n) is 1.54. The first-order valence-electron chi connectivity index (χ1n) is 5.16. The molecule has 4 nitrogen and oxygen atoms in total. The number of rotatable bonds is 2.